The minimum atomic E-state index is 0.394. The standard InChI is InChI=1S/C11H22N2O/c12-11(4-2-1-3-5-11)10-13-6-8-14-9-7-13/h1-10,12H2/p+2. The minimum absolute atomic E-state index is 0.394. The van der Waals surface area contributed by atoms with Crippen LogP contribution in [-0.4, -0.2) is 38.4 Å². The summed E-state index contributed by atoms with van der Waals surface area (Å²) in [7, 11) is 0. The molecule has 1 saturated heterocycles. The van der Waals surface area contributed by atoms with Gasteiger partial charge >= 0.3 is 0 Å². The lowest BCUT2D eigenvalue weighted by Crippen LogP contribution is -3.17. The second kappa shape index (κ2) is 4.60. The van der Waals surface area contributed by atoms with Gasteiger partial charge in [0.2, 0.25) is 0 Å². The van der Waals surface area contributed by atoms with E-state index in [9.17, 15) is 0 Å². The molecular weight excluding hydrogens is 176 g/mol. The van der Waals surface area contributed by atoms with E-state index in [1.165, 1.54) is 51.7 Å². The van der Waals surface area contributed by atoms with Crippen molar-refractivity contribution in [2.75, 3.05) is 32.8 Å². The van der Waals surface area contributed by atoms with Crippen LogP contribution in [0.15, 0.2) is 0 Å². The van der Waals surface area contributed by atoms with Gasteiger partial charge in [-0.15, -0.1) is 0 Å². The van der Waals surface area contributed by atoms with Gasteiger partial charge < -0.3 is 15.4 Å². The Morgan fingerprint density at radius 3 is 2.36 bits per heavy atom. The van der Waals surface area contributed by atoms with Gasteiger partial charge in [-0.1, -0.05) is 6.42 Å². The van der Waals surface area contributed by atoms with E-state index in [-0.39, 0.29) is 0 Å². The van der Waals surface area contributed by atoms with E-state index >= 15 is 0 Å². The van der Waals surface area contributed by atoms with Crippen LogP contribution in [0.25, 0.3) is 0 Å². The summed E-state index contributed by atoms with van der Waals surface area (Å²) in [4.78, 5) is 1.72. The van der Waals surface area contributed by atoms with E-state index in [4.69, 9.17) is 4.74 Å². The zero-order chi connectivity index (χ0) is 9.86. The molecule has 0 aromatic rings. The van der Waals surface area contributed by atoms with Crippen LogP contribution in [0, 0.1) is 0 Å². The highest BCUT2D eigenvalue weighted by molar-refractivity contribution is 4.79. The highest BCUT2D eigenvalue weighted by atomic mass is 16.5. The van der Waals surface area contributed by atoms with Crippen molar-refractivity contribution >= 4 is 0 Å². The van der Waals surface area contributed by atoms with Crippen LogP contribution in [0.3, 0.4) is 0 Å². The Labute approximate surface area is 86.6 Å². The normalized spacial score (nSPS) is 28.9. The first-order valence-corrected chi connectivity index (χ1v) is 6.05. The molecule has 2 aliphatic rings. The molecule has 0 radical (unpaired) electrons. The summed E-state index contributed by atoms with van der Waals surface area (Å²) >= 11 is 0. The maximum atomic E-state index is 5.38. The van der Waals surface area contributed by atoms with Crippen molar-refractivity contribution in [1.82, 2.24) is 0 Å². The van der Waals surface area contributed by atoms with Gasteiger partial charge in [0.15, 0.2) is 0 Å². The monoisotopic (exact) mass is 200 g/mol. The summed E-state index contributed by atoms with van der Waals surface area (Å²) in [6, 6.07) is 0. The zero-order valence-electron chi connectivity index (χ0n) is 9.19. The van der Waals surface area contributed by atoms with Crippen molar-refractivity contribution < 1.29 is 15.4 Å². The molecule has 2 rings (SSSR count). The molecule has 14 heavy (non-hydrogen) atoms. The van der Waals surface area contributed by atoms with Crippen LogP contribution in [0.1, 0.15) is 32.1 Å². The summed E-state index contributed by atoms with van der Waals surface area (Å²) in [5, 5.41) is 0. The Bertz CT molecular complexity index is 172. The average Bonchev–Trinajstić information content (AvgIpc) is 2.19. The highest BCUT2D eigenvalue weighted by Crippen LogP contribution is 2.22. The smallest absolute Gasteiger partial charge is 0.144 e. The van der Waals surface area contributed by atoms with E-state index in [1.807, 2.05) is 0 Å². The summed E-state index contributed by atoms with van der Waals surface area (Å²) in [5.41, 5.74) is 4.86. The fraction of sp³-hybridized carbons (Fsp3) is 1.00. The largest absolute Gasteiger partial charge is 0.370 e. The summed E-state index contributed by atoms with van der Waals surface area (Å²) in [5.74, 6) is 0. The summed E-state index contributed by atoms with van der Waals surface area (Å²) < 4.78 is 5.38. The predicted molar refractivity (Wildman–Crippen MR) is 55.1 cm³/mol. The molecule has 1 aliphatic carbocycles. The molecule has 2 fully saturated rings. The fourth-order valence-electron chi connectivity index (χ4n) is 2.85. The maximum Gasteiger partial charge on any atom is 0.144 e. The van der Waals surface area contributed by atoms with Crippen LogP contribution in [0.5, 0.6) is 0 Å². The van der Waals surface area contributed by atoms with Crippen molar-refractivity contribution in [3.05, 3.63) is 0 Å². The molecule has 3 heteroatoms. The molecule has 0 aromatic heterocycles. The van der Waals surface area contributed by atoms with Gasteiger partial charge in [0.25, 0.3) is 0 Å². The van der Waals surface area contributed by atoms with E-state index in [2.05, 4.69) is 5.73 Å². The molecule has 4 N–H and O–H groups in total. The van der Waals surface area contributed by atoms with Crippen molar-refractivity contribution in [2.24, 2.45) is 0 Å². The lowest BCUT2D eigenvalue weighted by molar-refractivity contribution is -0.922. The SMILES string of the molecule is [NH3+]C1(C[NH+]2CCOCC2)CCCCC1. The predicted octanol–water partition coefficient (Wildman–Crippen LogP) is -1.15. The van der Waals surface area contributed by atoms with Crippen molar-refractivity contribution in [3.8, 4) is 0 Å². The van der Waals surface area contributed by atoms with E-state index < -0.39 is 0 Å². The van der Waals surface area contributed by atoms with Crippen LogP contribution < -0.4 is 10.6 Å². The molecular formula is C11H24N2O+2. The first kappa shape index (κ1) is 10.4. The van der Waals surface area contributed by atoms with E-state index in [1.54, 1.807) is 4.90 Å². The molecule has 1 heterocycles. The Balaban J connectivity index is 1.81. The second-order valence-electron chi connectivity index (χ2n) is 5.10. The van der Waals surface area contributed by atoms with Crippen LogP contribution >= 0.6 is 0 Å². The Morgan fingerprint density at radius 1 is 1.07 bits per heavy atom. The third-order valence-electron chi connectivity index (χ3n) is 3.74. The van der Waals surface area contributed by atoms with Gasteiger partial charge in [0.1, 0.15) is 25.2 Å². The third-order valence-corrected chi connectivity index (χ3v) is 3.74. The molecule has 0 unspecified atom stereocenters. The molecule has 1 aliphatic heterocycles. The molecule has 0 amide bonds. The molecule has 0 atom stereocenters. The first-order valence-electron chi connectivity index (χ1n) is 6.05. The quantitative estimate of drug-likeness (QED) is 0.580. The van der Waals surface area contributed by atoms with Crippen LogP contribution in [-0.2, 0) is 4.74 Å². The van der Waals surface area contributed by atoms with E-state index in [0.29, 0.717) is 5.54 Å². The Hall–Kier alpha value is -0.120. The summed E-state index contributed by atoms with van der Waals surface area (Å²) in [6.07, 6.45) is 6.91. The molecule has 0 aromatic carbocycles. The highest BCUT2D eigenvalue weighted by Gasteiger charge is 2.36. The number of hydrogen-bond donors (Lipinski definition) is 2. The molecule has 1 saturated carbocycles. The zero-order valence-corrected chi connectivity index (χ0v) is 9.19. The minimum Gasteiger partial charge on any atom is -0.370 e. The summed E-state index contributed by atoms with van der Waals surface area (Å²) in [6.45, 7) is 5.56. The Kier molecular flexibility index (Phi) is 3.42. The number of nitrogens with one attached hydrogen (secondary N) is 1. The lowest BCUT2D eigenvalue weighted by atomic mass is 9.82. The van der Waals surface area contributed by atoms with Crippen LogP contribution in [0.4, 0.5) is 0 Å². The van der Waals surface area contributed by atoms with Crippen molar-refractivity contribution in [3.63, 3.8) is 0 Å². The van der Waals surface area contributed by atoms with Gasteiger partial charge in [0.05, 0.1) is 13.2 Å². The van der Waals surface area contributed by atoms with Crippen LogP contribution in [0.2, 0.25) is 0 Å². The van der Waals surface area contributed by atoms with Gasteiger partial charge in [0, 0.05) is 12.8 Å². The lowest BCUT2D eigenvalue weighted by Gasteiger charge is -2.34. The van der Waals surface area contributed by atoms with Gasteiger partial charge in [-0.3, -0.25) is 0 Å². The average molecular weight is 200 g/mol. The molecule has 0 bridgehead atoms. The van der Waals surface area contributed by atoms with Crippen molar-refractivity contribution in [2.45, 2.75) is 37.6 Å². The van der Waals surface area contributed by atoms with Crippen molar-refractivity contribution in [1.29, 1.82) is 0 Å². The van der Waals surface area contributed by atoms with E-state index in [0.717, 1.165) is 13.2 Å². The fourth-order valence-corrected chi connectivity index (χ4v) is 2.85. The number of quaternary nitrogens is 2. The topological polar surface area (TPSA) is 41.3 Å². The Morgan fingerprint density at radius 2 is 1.71 bits per heavy atom. The van der Waals surface area contributed by atoms with Gasteiger partial charge in [-0.05, 0) is 12.8 Å². The molecule has 82 valence electrons. The number of morpholine rings is 1. The van der Waals surface area contributed by atoms with Gasteiger partial charge in [-0.25, -0.2) is 0 Å². The number of rotatable bonds is 2. The molecule has 3 nitrogen and oxygen atoms in total. The number of ether oxygens (including phenoxy) is 1. The maximum absolute atomic E-state index is 5.38. The first-order chi connectivity index (χ1) is 6.79. The third kappa shape index (κ3) is 2.69. The number of hydrogen-bond acceptors (Lipinski definition) is 1. The van der Waals surface area contributed by atoms with Gasteiger partial charge in [-0.2, -0.15) is 0 Å². The molecule has 0 spiro atoms. The second-order valence-corrected chi connectivity index (χ2v) is 5.10.